The molecule has 0 spiro atoms. The number of hydrogen-bond donors (Lipinski definition) is 3. The SMILES string of the molecule is COc1ccc(C(F)(F)C(=O)N[C@H](C(=O)Nc2ccc(-c3c(C)n[nH]c3C)c(F)n2)C(C2CCCCC2)C2CCCCC2)cn1. The molecule has 0 saturated heterocycles. The summed E-state index contributed by atoms with van der Waals surface area (Å²) in [6.45, 7) is 3.52. The van der Waals surface area contributed by atoms with Crippen LogP contribution in [0.15, 0.2) is 30.5 Å². The third-order valence-corrected chi connectivity index (χ3v) is 9.43. The fourth-order valence-corrected chi connectivity index (χ4v) is 7.20. The van der Waals surface area contributed by atoms with Gasteiger partial charge >= 0.3 is 5.92 Å². The monoisotopic (exact) mass is 626 g/mol. The van der Waals surface area contributed by atoms with Gasteiger partial charge in [-0.3, -0.25) is 14.7 Å². The molecular formula is C33H41F3N6O3. The molecule has 3 aromatic rings. The molecule has 0 unspecified atom stereocenters. The van der Waals surface area contributed by atoms with Gasteiger partial charge in [-0.2, -0.15) is 18.3 Å². The van der Waals surface area contributed by atoms with E-state index in [1.807, 2.05) is 0 Å². The summed E-state index contributed by atoms with van der Waals surface area (Å²) >= 11 is 0. The third kappa shape index (κ3) is 7.15. The summed E-state index contributed by atoms with van der Waals surface area (Å²) in [7, 11) is 1.36. The van der Waals surface area contributed by atoms with Crippen LogP contribution in [-0.2, 0) is 15.5 Å². The number of nitrogens with one attached hydrogen (secondary N) is 3. The minimum absolute atomic E-state index is 0.0727. The average molecular weight is 627 g/mol. The third-order valence-electron chi connectivity index (χ3n) is 9.43. The summed E-state index contributed by atoms with van der Waals surface area (Å²) in [6, 6.07) is 4.03. The van der Waals surface area contributed by atoms with Crippen molar-refractivity contribution in [1.29, 1.82) is 0 Å². The minimum atomic E-state index is -3.96. The van der Waals surface area contributed by atoms with Gasteiger partial charge < -0.3 is 15.4 Å². The molecule has 0 aliphatic heterocycles. The van der Waals surface area contributed by atoms with Gasteiger partial charge in [0.2, 0.25) is 17.7 Å². The van der Waals surface area contributed by atoms with E-state index >= 15 is 13.2 Å². The molecule has 3 aromatic heterocycles. The summed E-state index contributed by atoms with van der Waals surface area (Å²) in [5, 5.41) is 12.1. The van der Waals surface area contributed by atoms with Crippen LogP contribution in [0.3, 0.4) is 0 Å². The molecule has 5 rings (SSSR count). The number of aromatic nitrogens is 4. The number of H-pyrrole nitrogens is 1. The topological polar surface area (TPSA) is 122 Å². The summed E-state index contributed by atoms with van der Waals surface area (Å²) in [5.74, 6) is -7.21. The zero-order valence-corrected chi connectivity index (χ0v) is 26.0. The van der Waals surface area contributed by atoms with Gasteiger partial charge in [-0.05, 0) is 49.8 Å². The zero-order valence-electron chi connectivity index (χ0n) is 26.0. The maximum Gasteiger partial charge on any atom is 0.351 e. The Labute approximate surface area is 261 Å². The number of aromatic amines is 1. The number of amides is 2. The number of carbonyl (C=O) groups is 2. The van der Waals surface area contributed by atoms with E-state index < -0.39 is 35.3 Å². The number of ether oxygens (including phenoxy) is 1. The first-order valence-electron chi connectivity index (χ1n) is 15.8. The number of pyridine rings is 2. The van der Waals surface area contributed by atoms with Crippen LogP contribution in [0.1, 0.15) is 81.2 Å². The Morgan fingerprint density at radius 2 is 1.62 bits per heavy atom. The molecule has 0 radical (unpaired) electrons. The van der Waals surface area contributed by atoms with E-state index in [9.17, 15) is 9.59 Å². The Kier molecular flexibility index (Phi) is 10.1. The Hall–Kier alpha value is -3.96. The molecule has 0 aromatic carbocycles. The number of rotatable bonds is 10. The van der Waals surface area contributed by atoms with Crippen LogP contribution < -0.4 is 15.4 Å². The van der Waals surface area contributed by atoms with Crippen LogP contribution in [0.25, 0.3) is 11.1 Å². The first kappa shape index (κ1) is 32.4. The molecule has 2 aliphatic rings. The predicted octanol–water partition coefficient (Wildman–Crippen LogP) is 6.62. The van der Waals surface area contributed by atoms with Gasteiger partial charge in [0, 0.05) is 34.6 Å². The van der Waals surface area contributed by atoms with E-state index in [1.165, 1.54) is 25.3 Å². The number of nitrogens with zero attached hydrogens (tertiary/aromatic N) is 3. The Morgan fingerprint density at radius 3 is 2.13 bits per heavy atom. The fourth-order valence-electron chi connectivity index (χ4n) is 7.20. The molecule has 2 amide bonds. The second-order valence-electron chi connectivity index (χ2n) is 12.3. The molecule has 2 fully saturated rings. The molecule has 12 heteroatoms. The maximum absolute atomic E-state index is 15.6. The molecule has 0 bridgehead atoms. The van der Waals surface area contributed by atoms with E-state index in [4.69, 9.17) is 4.74 Å². The number of halogens is 3. The highest BCUT2D eigenvalue weighted by Crippen LogP contribution is 2.42. The Balaban J connectivity index is 1.47. The van der Waals surface area contributed by atoms with Crippen molar-refractivity contribution >= 4 is 17.6 Å². The fraction of sp³-hybridized carbons (Fsp3) is 0.545. The lowest BCUT2D eigenvalue weighted by atomic mass is 9.66. The van der Waals surface area contributed by atoms with Gasteiger partial charge in [0.25, 0.3) is 5.91 Å². The van der Waals surface area contributed by atoms with Gasteiger partial charge in [0.05, 0.1) is 12.8 Å². The van der Waals surface area contributed by atoms with Gasteiger partial charge in [-0.25, -0.2) is 9.97 Å². The number of methoxy groups -OCH3 is 1. The molecule has 1 atom stereocenters. The summed E-state index contributed by atoms with van der Waals surface area (Å²) in [5.41, 5.74) is 1.45. The molecule has 45 heavy (non-hydrogen) atoms. The first-order valence-corrected chi connectivity index (χ1v) is 15.8. The molecule has 3 N–H and O–H groups in total. The van der Waals surface area contributed by atoms with Crippen molar-refractivity contribution in [2.24, 2.45) is 17.8 Å². The quantitative estimate of drug-likeness (QED) is 0.218. The van der Waals surface area contributed by atoms with Crippen molar-refractivity contribution in [3.05, 3.63) is 53.4 Å². The van der Waals surface area contributed by atoms with Gasteiger partial charge in [0.15, 0.2) is 0 Å². The van der Waals surface area contributed by atoms with Crippen molar-refractivity contribution in [2.45, 2.75) is 90.0 Å². The average Bonchev–Trinajstić information content (AvgIpc) is 3.38. The number of alkyl halides is 2. The second-order valence-corrected chi connectivity index (χ2v) is 12.3. The lowest BCUT2D eigenvalue weighted by molar-refractivity contribution is -0.150. The number of carbonyl (C=O) groups excluding carboxylic acids is 2. The molecule has 242 valence electrons. The predicted molar refractivity (Wildman–Crippen MR) is 163 cm³/mol. The van der Waals surface area contributed by atoms with Crippen LogP contribution >= 0.6 is 0 Å². The van der Waals surface area contributed by atoms with Crippen molar-refractivity contribution in [3.63, 3.8) is 0 Å². The smallest absolute Gasteiger partial charge is 0.351 e. The van der Waals surface area contributed by atoms with Crippen molar-refractivity contribution in [3.8, 4) is 17.0 Å². The van der Waals surface area contributed by atoms with Crippen LogP contribution in [0.4, 0.5) is 19.0 Å². The van der Waals surface area contributed by atoms with Gasteiger partial charge in [-0.1, -0.05) is 64.2 Å². The highest BCUT2D eigenvalue weighted by Gasteiger charge is 2.47. The Morgan fingerprint density at radius 1 is 0.978 bits per heavy atom. The van der Waals surface area contributed by atoms with Crippen molar-refractivity contribution < 1.29 is 27.5 Å². The summed E-state index contributed by atoms with van der Waals surface area (Å²) < 4.78 is 51.4. The van der Waals surface area contributed by atoms with Crippen molar-refractivity contribution in [1.82, 2.24) is 25.5 Å². The number of anilines is 1. The van der Waals surface area contributed by atoms with Crippen LogP contribution in [0.5, 0.6) is 5.88 Å². The minimum Gasteiger partial charge on any atom is -0.481 e. The van der Waals surface area contributed by atoms with E-state index in [2.05, 4.69) is 30.8 Å². The van der Waals surface area contributed by atoms with E-state index in [-0.39, 0.29) is 35.0 Å². The van der Waals surface area contributed by atoms with Gasteiger partial charge in [0.1, 0.15) is 11.9 Å². The molecule has 3 heterocycles. The highest BCUT2D eigenvalue weighted by atomic mass is 19.3. The molecular weight excluding hydrogens is 585 g/mol. The lowest BCUT2D eigenvalue weighted by Gasteiger charge is -2.42. The zero-order chi connectivity index (χ0) is 32.1. The normalized spacial score (nSPS) is 17.2. The van der Waals surface area contributed by atoms with Crippen LogP contribution in [0.2, 0.25) is 0 Å². The molecule has 9 nitrogen and oxygen atoms in total. The highest BCUT2D eigenvalue weighted by molar-refractivity contribution is 5.98. The van der Waals surface area contributed by atoms with Crippen molar-refractivity contribution in [2.75, 3.05) is 12.4 Å². The molecule has 2 saturated carbocycles. The lowest BCUT2D eigenvalue weighted by Crippen LogP contribution is -2.56. The molecule has 2 aliphatic carbocycles. The second kappa shape index (κ2) is 14.0. The van der Waals surface area contributed by atoms with E-state index in [0.29, 0.717) is 17.0 Å². The summed E-state index contributed by atoms with van der Waals surface area (Å²) in [4.78, 5) is 35.3. The van der Waals surface area contributed by atoms with Crippen LogP contribution in [-0.4, -0.2) is 45.1 Å². The van der Waals surface area contributed by atoms with Gasteiger partial charge in [-0.15, -0.1) is 0 Å². The van der Waals surface area contributed by atoms with E-state index in [1.54, 1.807) is 13.8 Å². The largest absolute Gasteiger partial charge is 0.481 e. The maximum atomic E-state index is 15.6. The van der Waals surface area contributed by atoms with Crippen LogP contribution in [0, 0.1) is 37.5 Å². The number of aryl methyl sites for hydroxylation is 2. The summed E-state index contributed by atoms with van der Waals surface area (Å²) in [6.07, 6.45) is 10.4. The standard InChI is InChI=1S/C33H41F3N6O3/c1-19-27(20(2)42-41-19)24-15-16-25(38-30(24)34)39-31(43)29(28(21-10-6-4-7-11-21)22-12-8-5-9-13-22)40-32(44)33(35,36)23-14-17-26(45-3)37-18-23/h14-18,21-22,28-29H,4-13H2,1-3H3,(H,40,44)(H,41,42)(H,38,39,43)/t29-/m0/s1. The first-order chi connectivity index (χ1) is 21.6. The van der Waals surface area contributed by atoms with E-state index in [0.717, 1.165) is 76.5 Å². The number of hydrogen-bond acceptors (Lipinski definition) is 6. The Bertz CT molecular complexity index is 1450.